The molecule has 1 fully saturated rings. The van der Waals surface area contributed by atoms with Crippen LogP contribution in [0.15, 0.2) is 35.6 Å². The number of aliphatic imine (C=N–C) groups is 1. The maximum atomic E-state index is 14.8. The smallest absolute Gasteiger partial charge is 0.275 e. The molecule has 12 heteroatoms. The van der Waals surface area contributed by atoms with Crippen LogP contribution in [0.5, 0.6) is 5.88 Å². The molecule has 3 N–H and O–H groups in total. The number of aromatic nitrogens is 2. The summed E-state index contributed by atoms with van der Waals surface area (Å²) >= 11 is 0. The van der Waals surface area contributed by atoms with Gasteiger partial charge >= 0.3 is 0 Å². The van der Waals surface area contributed by atoms with Gasteiger partial charge in [0.2, 0.25) is 5.88 Å². The summed E-state index contributed by atoms with van der Waals surface area (Å²) in [7, 11) is -2.37. The standard InChI is InChI=1S/C20H22FN5O5S/c1-19(11-32(28,29)20(18(22)26-19)5-6-31-10-20)13-7-12(3-4-14(13)21)25-17(27)15-8-24-16(30-2)9-23-15/h3-4,7-9H,5-6,10-11H2,1-2H3,(H2,22,26)(H,25,27). The van der Waals surface area contributed by atoms with E-state index in [9.17, 15) is 17.6 Å². The highest BCUT2D eigenvalue weighted by Crippen LogP contribution is 2.41. The Morgan fingerprint density at radius 1 is 1.31 bits per heavy atom. The minimum absolute atomic E-state index is 0.00333. The molecule has 0 aliphatic carbocycles. The number of hydrogen-bond acceptors (Lipinski definition) is 9. The van der Waals surface area contributed by atoms with Gasteiger partial charge in [-0.05, 0) is 31.5 Å². The molecule has 0 radical (unpaired) electrons. The summed E-state index contributed by atoms with van der Waals surface area (Å²) in [6.07, 6.45) is 2.74. The molecule has 170 valence electrons. The summed E-state index contributed by atoms with van der Waals surface area (Å²) in [5, 5.41) is 2.60. The number of nitrogens with two attached hydrogens (primary N) is 1. The number of rotatable bonds is 4. The van der Waals surface area contributed by atoms with E-state index in [1.807, 2.05) is 0 Å². The molecule has 1 spiro atoms. The van der Waals surface area contributed by atoms with E-state index in [0.29, 0.717) is 0 Å². The Kier molecular flexibility index (Phi) is 5.37. The highest BCUT2D eigenvalue weighted by molar-refractivity contribution is 7.93. The van der Waals surface area contributed by atoms with Crippen LogP contribution in [0.25, 0.3) is 0 Å². The minimum atomic E-state index is -3.79. The second-order valence-electron chi connectivity index (χ2n) is 7.92. The number of methoxy groups -OCH3 is 1. The van der Waals surface area contributed by atoms with E-state index in [0.717, 1.165) is 6.07 Å². The number of hydrogen-bond donors (Lipinski definition) is 2. The lowest BCUT2D eigenvalue weighted by atomic mass is 9.92. The molecule has 2 aliphatic heterocycles. The molecule has 32 heavy (non-hydrogen) atoms. The SMILES string of the molecule is COc1cnc(C(=O)Nc2ccc(F)c(C3(C)CS(=O)(=O)C4(CCOC4)C(N)=N3)c2)cn1. The summed E-state index contributed by atoms with van der Waals surface area (Å²) in [5.41, 5.74) is 4.89. The van der Waals surface area contributed by atoms with E-state index in [2.05, 4.69) is 20.3 Å². The van der Waals surface area contributed by atoms with Gasteiger partial charge in [-0.2, -0.15) is 0 Å². The number of nitrogens with zero attached hydrogens (tertiary/aromatic N) is 3. The van der Waals surface area contributed by atoms with Crippen LogP contribution in [-0.2, 0) is 20.1 Å². The van der Waals surface area contributed by atoms with Gasteiger partial charge in [-0.1, -0.05) is 0 Å². The Labute approximate surface area is 184 Å². The fourth-order valence-corrected chi connectivity index (χ4v) is 6.21. The average molecular weight is 463 g/mol. The average Bonchev–Trinajstić information content (AvgIpc) is 3.26. The fraction of sp³-hybridized carbons (Fsp3) is 0.400. The first-order valence-corrected chi connectivity index (χ1v) is 11.4. The van der Waals surface area contributed by atoms with E-state index < -0.39 is 37.6 Å². The molecule has 0 bridgehead atoms. The predicted molar refractivity (Wildman–Crippen MR) is 114 cm³/mol. The number of sulfone groups is 1. The number of carbonyl (C=O) groups is 1. The molecule has 3 heterocycles. The summed E-state index contributed by atoms with van der Waals surface area (Å²) in [5.74, 6) is -1.53. The zero-order valence-corrected chi connectivity index (χ0v) is 18.3. The minimum Gasteiger partial charge on any atom is -0.480 e. The van der Waals surface area contributed by atoms with Crippen LogP contribution in [-0.4, -0.2) is 61.0 Å². The first kappa shape index (κ1) is 22.1. The third-order valence-corrected chi connectivity index (χ3v) is 8.42. The number of amides is 1. The number of nitrogens with one attached hydrogen (secondary N) is 1. The van der Waals surface area contributed by atoms with Crippen molar-refractivity contribution >= 4 is 27.3 Å². The number of benzene rings is 1. The quantitative estimate of drug-likeness (QED) is 0.684. The maximum Gasteiger partial charge on any atom is 0.275 e. The van der Waals surface area contributed by atoms with Crippen LogP contribution in [0, 0.1) is 5.82 Å². The second kappa shape index (κ2) is 7.78. The van der Waals surface area contributed by atoms with Gasteiger partial charge in [0.15, 0.2) is 14.6 Å². The Hall–Kier alpha value is -3.12. The first-order chi connectivity index (χ1) is 15.1. The molecule has 2 unspecified atom stereocenters. The van der Waals surface area contributed by atoms with E-state index in [1.54, 1.807) is 0 Å². The fourth-order valence-electron chi connectivity index (χ4n) is 3.95. The molecule has 0 saturated carbocycles. The van der Waals surface area contributed by atoms with Gasteiger partial charge in [0.25, 0.3) is 5.91 Å². The van der Waals surface area contributed by atoms with Crippen LogP contribution < -0.4 is 15.8 Å². The molecule has 10 nitrogen and oxygen atoms in total. The van der Waals surface area contributed by atoms with Crippen LogP contribution >= 0.6 is 0 Å². The molecule has 2 aliphatic rings. The third kappa shape index (κ3) is 3.58. The van der Waals surface area contributed by atoms with Crippen molar-refractivity contribution in [3.63, 3.8) is 0 Å². The van der Waals surface area contributed by atoms with E-state index in [-0.39, 0.29) is 48.3 Å². The molecular weight excluding hydrogens is 441 g/mol. The van der Waals surface area contributed by atoms with E-state index >= 15 is 0 Å². The van der Waals surface area contributed by atoms with Gasteiger partial charge in [-0.15, -0.1) is 0 Å². The van der Waals surface area contributed by atoms with Crippen LogP contribution in [0.2, 0.25) is 0 Å². The molecule has 2 atom stereocenters. The topological polar surface area (TPSA) is 146 Å². The molecule has 1 amide bonds. The predicted octanol–water partition coefficient (Wildman–Crippen LogP) is 1.04. The Balaban J connectivity index is 1.66. The lowest BCUT2D eigenvalue weighted by molar-refractivity contribution is 0.102. The molecule has 1 aromatic heterocycles. The number of halogens is 1. The van der Waals surface area contributed by atoms with Gasteiger partial charge in [0.1, 0.15) is 22.9 Å². The van der Waals surface area contributed by atoms with Crippen molar-refractivity contribution in [3.8, 4) is 5.88 Å². The first-order valence-electron chi connectivity index (χ1n) is 9.73. The van der Waals surface area contributed by atoms with Gasteiger partial charge in [-0.25, -0.2) is 22.8 Å². The number of ether oxygens (including phenoxy) is 2. The highest BCUT2D eigenvalue weighted by Gasteiger charge is 2.57. The molecule has 1 saturated heterocycles. The number of amidine groups is 1. The lowest BCUT2D eigenvalue weighted by Gasteiger charge is -2.39. The van der Waals surface area contributed by atoms with E-state index in [1.165, 1.54) is 38.6 Å². The van der Waals surface area contributed by atoms with Crippen LogP contribution in [0.1, 0.15) is 29.4 Å². The zero-order valence-electron chi connectivity index (χ0n) is 17.5. The van der Waals surface area contributed by atoms with Crippen molar-refractivity contribution in [2.75, 3.05) is 31.4 Å². The summed E-state index contributed by atoms with van der Waals surface area (Å²) in [4.78, 5) is 24.8. The van der Waals surface area contributed by atoms with Gasteiger partial charge in [-0.3, -0.25) is 9.79 Å². The summed E-state index contributed by atoms with van der Waals surface area (Å²) in [6, 6.07) is 3.84. The normalized spacial score (nSPS) is 26.5. The second-order valence-corrected chi connectivity index (χ2v) is 10.2. The van der Waals surface area contributed by atoms with Crippen molar-refractivity contribution in [1.29, 1.82) is 0 Å². The molecule has 4 rings (SSSR count). The number of anilines is 1. The monoisotopic (exact) mass is 463 g/mol. The van der Waals surface area contributed by atoms with Gasteiger partial charge in [0, 0.05) is 17.9 Å². The maximum absolute atomic E-state index is 14.8. The summed E-state index contributed by atoms with van der Waals surface area (Å²) in [6.45, 7) is 1.69. The zero-order chi connectivity index (χ0) is 23.1. The molecule has 2 aromatic rings. The van der Waals surface area contributed by atoms with Gasteiger partial charge < -0.3 is 20.5 Å². The Morgan fingerprint density at radius 3 is 2.69 bits per heavy atom. The van der Waals surface area contributed by atoms with Crippen LogP contribution in [0.3, 0.4) is 0 Å². The van der Waals surface area contributed by atoms with Gasteiger partial charge in [0.05, 0.1) is 31.9 Å². The Morgan fingerprint density at radius 2 is 2.09 bits per heavy atom. The summed E-state index contributed by atoms with van der Waals surface area (Å²) < 4.78 is 49.9. The molecular formula is C20H22FN5O5S. The third-order valence-electron chi connectivity index (χ3n) is 5.76. The van der Waals surface area contributed by atoms with Crippen molar-refractivity contribution in [2.24, 2.45) is 10.7 Å². The lowest BCUT2D eigenvalue weighted by Crippen LogP contribution is -2.58. The highest BCUT2D eigenvalue weighted by atomic mass is 32.2. The van der Waals surface area contributed by atoms with Crippen molar-refractivity contribution in [1.82, 2.24) is 9.97 Å². The molecule has 1 aromatic carbocycles. The van der Waals surface area contributed by atoms with Crippen molar-refractivity contribution in [2.45, 2.75) is 23.6 Å². The van der Waals surface area contributed by atoms with Crippen molar-refractivity contribution < 1.29 is 27.1 Å². The van der Waals surface area contributed by atoms with E-state index in [4.69, 9.17) is 15.2 Å². The van der Waals surface area contributed by atoms with Crippen molar-refractivity contribution in [3.05, 3.63) is 47.7 Å². The number of carbonyl (C=O) groups excluding carboxylic acids is 1. The largest absolute Gasteiger partial charge is 0.480 e. The Bertz CT molecular complexity index is 1200. The van der Waals surface area contributed by atoms with Crippen LogP contribution in [0.4, 0.5) is 10.1 Å².